The summed E-state index contributed by atoms with van der Waals surface area (Å²) in [5.74, 6) is -0.160. The number of rotatable bonds is 12. The third-order valence-corrected chi connectivity index (χ3v) is 7.63. The van der Waals surface area contributed by atoms with E-state index in [4.69, 9.17) is 10.2 Å². The Hall–Kier alpha value is -5.12. The Bertz CT molecular complexity index is 1610. The van der Waals surface area contributed by atoms with Gasteiger partial charge in [-0.05, 0) is 75.2 Å². The van der Waals surface area contributed by atoms with Crippen molar-refractivity contribution in [3.8, 4) is 22.8 Å². The van der Waals surface area contributed by atoms with Crippen molar-refractivity contribution in [2.75, 3.05) is 26.2 Å². The topological polar surface area (TPSA) is 102 Å². The van der Waals surface area contributed by atoms with Crippen LogP contribution in [0.4, 0.5) is 0 Å². The van der Waals surface area contributed by atoms with Gasteiger partial charge in [-0.15, -0.1) is 0 Å². The van der Waals surface area contributed by atoms with E-state index in [1.54, 1.807) is 21.9 Å². The van der Waals surface area contributed by atoms with E-state index in [1.807, 2.05) is 98.0 Å². The molecule has 0 aliphatic carbocycles. The van der Waals surface area contributed by atoms with Crippen LogP contribution < -0.4 is 0 Å². The van der Waals surface area contributed by atoms with Gasteiger partial charge in [-0.2, -0.15) is 10.2 Å². The summed E-state index contributed by atoms with van der Waals surface area (Å²) in [4.78, 5) is 38.3. The molecular formula is C34H38N8O2. The molecule has 0 aliphatic rings. The van der Waals surface area contributed by atoms with Crippen LogP contribution >= 0.6 is 0 Å². The molecular weight excluding hydrogens is 552 g/mol. The first kappa shape index (κ1) is 30.3. The molecule has 0 spiro atoms. The van der Waals surface area contributed by atoms with Gasteiger partial charge in [0.05, 0.1) is 24.5 Å². The Kier molecular flexibility index (Phi) is 9.59. The predicted molar refractivity (Wildman–Crippen MR) is 170 cm³/mol. The molecule has 0 fully saturated rings. The lowest BCUT2D eigenvalue weighted by Crippen LogP contribution is -2.31. The first-order chi connectivity index (χ1) is 21.4. The summed E-state index contributed by atoms with van der Waals surface area (Å²) < 4.78 is 3.76. The molecule has 2 amide bonds. The summed E-state index contributed by atoms with van der Waals surface area (Å²) in [5.41, 5.74) is 5.81. The third-order valence-electron chi connectivity index (χ3n) is 7.63. The Labute approximate surface area is 258 Å². The molecule has 0 N–H and O–H groups in total. The van der Waals surface area contributed by atoms with Gasteiger partial charge in [0.25, 0.3) is 11.8 Å². The van der Waals surface area contributed by atoms with Crippen molar-refractivity contribution in [2.24, 2.45) is 0 Å². The first-order valence-corrected chi connectivity index (χ1v) is 15.1. The molecule has 4 heterocycles. The Morgan fingerprint density at radius 2 is 0.955 bits per heavy atom. The quantitative estimate of drug-likeness (QED) is 0.196. The van der Waals surface area contributed by atoms with Crippen molar-refractivity contribution in [3.63, 3.8) is 0 Å². The van der Waals surface area contributed by atoms with Crippen LogP contribution in [0.3, 0.4) is 0 Å². The molecule has 0 radical (unpaired) electrons. The molecule has 0 unspecified atom stereocenters. The molecule has 10 heteroatoms. The van der Waals surface area contributed by atoms with Gasteiger partial charge in [0, 0.05) is 38.6 Å². The summed E-state index contributed by atoms with van der Waals surface area (Å²) in [5, 5.41) is 9.54. The standard InChI is InChI=1S/C34H38N8O2/c1-5-39(6-2)33(43)31-17-11-15-27(35-31)29-19-21-41(37-29)23-25-13-9-10-14-26(25)24-42-22-20-30(38-42)28-16-12-18-32(36-28)34(44)40(7-3)8-4/h9-22H,5-8,23-24H2,1-4H3. The molecule has 226 valence electrons. The average molecular weight is 591 g/mol. The van der Waals surface area contributed by atoms with Crippen molar-refractivity contribution in [1.82, 2.24) is 39.3 Å². The number of hydrogen-bond acceptors (Lipinski definition) is 6. The SMILES string of the molecule is CCN(CC)C(=O)c1cccc(-c2ccn(Cc3ccccc3Cn3ccc(-c4cccc(C(=O)N(CC)CC)n4)n3)n2)n1. The smallest absolute Gasteiger partial charge is 0.272 e. The van der Waals surface area contributed by atoms with Gasteiger partial charge in [-0.3, -0.25) is 19.0 Å². The van der Waals surface area contributed by atoms with E-state index < -0.39 is 0 Å². The van der Waals surface area contributed by atoms with Gasteiger partial charge in [0.1, 0.15) is 22.8 Å². The van der Waals surface area contributed by atoms with Crippen LogP contribution in [-0.2, 0) is 13.1 Å². The van der Waals surface area contributed by atoms with Gasteiger partial charge in [0.15, 0.2) is 0 Å². The van der Waals surface area contributed by atoms with Crippen LogP contribution in [0, 0.1) is 0 Å². The second-order valence-corrected chi connectivity index (χ2v) is 10.3. The largest absolute Gasteiger partial charge is 0.338 e. The lowest BCUT2D eigenvalue weighted by molar-refractivity contribution is 0.0759. The number of hydrogen-bond donors (Lipinski definition) is 0. The van der Waals surface area contributed by atoms with Gasteiger partial charge >= 0.3 is 0 Å². The second-order valence-electron chi connectivity index (χ2n) is 10.3. The van der Waals surface area contributed by atoms with E-state index in [9.17, 15) is 9.59 Å². The molecule has 0 atom stereocenters. The molecule has 1 aromatic carbocycles. The highest BCUT2D eigenvalue weighted by atomic mass is 16.2. The molecule has 44 heavy (non-hydrogen) atoms. The van der Waals surface area contributed by atoms with Crippen molar-refractivity contribution < 1.29 is 9.59 Å². The van der Waals surface area contributed by atoms with Gasteiger partial charge in [-0.1, -0.05) is 36.4 Å². The van der Waals surface area contributed by atoms with E-state index >= 15 is 0 Å². The van der Waals surface area contributed by atoms with E-state index in [2.05, 4.69) is 22.1 Å². The maximum atomic E-state index is 12.8. The summed E-state index contributed by atoms with van der Waals surface area (Å²) in [6.45, 7) is 11.5. The second kappa shape index (κ2) is 13.9. The minimum Gasteiger partial charge on any atom is -0.338 e. The van der Waals surface area contributed by atoms with E-state index in [0.717, 1.165) is 11.1 Å². The Morgan fingerprint density at radius 3 is 1.34 bits per heavy atom. The lowest BCUT2D eigenvalue weighted by atomic mass is 10.1. The van der Waals surface area contributed by atoms with Crippen LogP contribution in [0.5, 0.6) is 0 Å². The van der Waals surface area contributed by atoms with Crippen LogP contribution in [-0.4, -0.2) is 77.3 Å². The van der Waals surface area contributed by atoms with Crippen molar-refractivity contribution >= 4 is 11.8 Å². The maximum Gasteiger partial charge on any atom is 0.272 e. The minimum absolute atomic E-state index is 0.0800. The van der Waals surface area contributed by atoms with Crippen LogP contribution in [0.2, 0.25) is 0 Å². The van der Waals surface area contributed by atoms with E-state index in [1.165, 1.54) is 0 Å². The lowest BCUT2D eigenvalue weighted by Gasteiger charge is -2.18. The predicted octanol–water partition coefficient (Wildman–Crippen LogP) is 5.26. The fourth-order valence-corrected chi connectivity index (χ4v) is 5.13. The summed E-state index contributed by atoms with van der Waals surface area (Å²) in [6.07, 6.45) is 3.85. The van der Waals surface area contributed by atoms with Crippen LogP contribution in [0.1, 0.15) is 59.8 Å². The summed E-state index contributed by atoms with van der Waals surface area (Å²) in [7, 11) is 0. The number of benzene rings is 1. The molecule has 4 aromatic heterocycles. The monoisotopic (exact) mass is 590 g/mol. The van der Waals surface area contributed by atoms with Crippen molar-refractivity contribution in [1.29, 1.82) is 0 Å². The molecule has 10 nitrogen and oxygen atoms in total. The number of carbonyl (C=O) groups excluding carboxylic acids is 2. The number of amides is 2. The Balaban J connectivity index is 1.31. The zero-order valence-corrected chi connectivity index (χ0v) is 25.7. The minimum atomic E-state index is -0.0800. The Morgan fingerprint density at radius 1 is 0.545 bits per heavy atom. The number of aromatic nitrogens is 6. The third kappa shape index (κ3) is 6.75. The van der Waals surface area contributed by atoms with E-state index in [-0.39, 0.29) is 11.8 Å². The van der Waals surface area contributed by atoms with Crippen LogP contribution in [0.25, 0.3) is 22.8 Å². The number of pyridine rings is 2. The van der Waals surface area contributed by atoms with Gasteiger partial charge in [-0.25, -0.2) is 9.97 Å². The number of nitrogens with zero attached hydrogens (tertiary/aromatic N) is 8. The van der Waals surface area contributed by atoms with Gasteiger partial charge < -0.3 is 9.80 Å². The molecule has 5 rings (SSSR count). The number of carbonyl (C=O) groups is 2. The fourth-order valence-electron chi connectivity index (χ4n) is 5.13. The summed E-state index contributed by atoms with van der Waals surface area (Å²) in [6, 6.07) is 23.0. The highest BCUT2D eigenvalue weighted by molar-refractivity contribution is 5.93. The van der Waals surface area contributed by atoms with Crippen molar-refractivity contribution in [2.45, 2.75) is 40.8 Å². The zero-order chi connectivity index (χ0) is 31.1. The summed E-state index contributed by atoms with van der Waals surface area (Å²) >= 11 is 0. The fraction of sp³-hybridized carbons (Fsp3) is 0.294. The molecule has 5 aromatic rings. The highest BCUT2D eigenvalue weighted by Gasteiger charge is 2.17. The van der Waals surface area contributed by atoms with Gasteiger partial charge in [0.2, 0.25) is 0 Å². The molecule has 0 bridgehead atoms. The van der Waals surface area contributed by atoms with E-state index in [0.29, 0.717) is 73.4 Å². The zero-order valence-electron chi connectivity index (χ0n) is 25.7. The molecule has 0 saturated carbocycles. The normalized spacial score (nSPS) is 11.0. The highest BCUT2D eigenvalue weighted by Crippen LogP contribution is 2.20. The molecule has 0 aliphatic heterocycles. The molecule has 0 saturated heterocycles. The first-order valence-electron chi connectivity index (χ1n) is 15.1. The maximum absolute atomic E-state index is 12.8. The van der Waals surface area contributed by atoms with Crippen LogP contribution in [0.15, 0.2) is 85.2 Å². The van der Waals surface area contributed by atoms with Crippen molar-refractivity contribution in [3.05, 3.63) is 108 Å². The average Bonchev–Trinajstić information content (AvgIpc) is 3.73.